The van der Waals surface area contributed by atoms with Gasteiger partial charge in [0.25, 0.3) is 5.91 Å². The molecule has 0 radical (unpaired) electrons. The van der Waals surface area contributed by atoms with E-state index in [0.717, 1.165) is 25.7 Å². The molecule has 4 fully saturated rings. The maximum Gasteiger partial charge on any atom is 0.307 e. The number of carbonyl (C=O) groups is 5. The van der Waals surface area contributed by atoms with Crippen LogP contribution in [0.25, 0.3) is 0 Å². The van der Waals surface area contributed by atoms with Crippen LogP contribution in [0.2, 0.25) is 0 Å². The Balaban J connectivity index is 1.62. The van der Waals surface area contributed by atoms with Crippen molar-refractivity contribution in [2.75, 3.05) is 18.1 Å². The Bertz CT molecular complexity index is 1200. The van der Waals surface area contributed by atoms with Gasteiger partial charge >= 0.3 is 5.97 Å². The third-order valence-electron chi connectivity index (χ3n) is 9.42. The molecule has 0 aromatic carbocycles. The van der Waals surface area contributed by atoms with Gasteiger partial charge in [-0.25, -0.2) is 8.42 Å². The maximum atomic E-state index is 14.1. The minimum Gasteiger partial charge on any atom is -0.460 e. The van der Waals surface area contributed by atoms with Crippen LogP contribution in [0.1, 0.15) is 98.8 Å². The molecule has 0 spiro atoms. The number of Topliss-reactive ketones (excluding diaryl/α,β-unsaturated/α-hetero) is 2. The Morgan fingerprint density at radius 3 is 2.29 bits per heavy atom. The summed E-state index contributed by atoms with van der Waals surface area (Å²) in [5.74, 6) is -5.26. The number of esters is 1. The van der Waals surface area contributed by atoms with Gasteiger partial charge in [0, 0.05) is 24.9 Å². The van der Waals surface area contributed by atoms with Crippen molar-refractivity contribution in [1.29, 1.82) is 0 Å². The second kappa shape index (κ2) is 12.4. The summed E-state index contributed by atoms with van der Waals surface area (Å²) < 4.78 is 31.7. The number of nitrogens with one attached hydrogen (secondary N) is 1. The number of ether oxygens (including phenoxy) is 1. The molecule has 0 bridgehead atoms. The molecule has 1 N–H and O–H groups in total. The molecule has 4 rings (SSSR count). The van der Waals surface area contributed by atoms with Crippen molar-refractivity contribution < 1.29 is 37.1 Å². The van der Waals surface area contributed by atoms with Crippen LogP contribution in [0.4, 0.5) is 0 Å². The van der Waals surface area contributed by atoms with Gasteiger partial charge in [0.05, 0.1) is 29.9 Å². The predicted octanol–water partition coefficient (Wildman–Crippen LogP) is 3.01. The van der Waals surface area contributed by atoms with Crippen molar-refractivity contribution in [2.45, 2.75) is 117 Å². The summed E-state index contributed by atoms with van der Waals surface area (Å²) in [5, 5.41) is 2.75. The second-order valence-electron chi connectivity index (χ2n) is 14.5. The molecule has 2 heterocycles. The monoisotopic (exact) mass is 608 g/mol. The van der Waals surface area contributed by atoms with Gasteiger partial charge in [-0.15, -0.1) is 0 Å². The van der Waals surface area contributed by atoms with Gasteiger partial charge in [-0.05, 0) is 63.7 Å². The Morgan fingerprint density at radius 1 is 1.00 bits per heavy atom. The molecule has 236 valence electrons. The third kappa shape index (κ3) is 7.99. The molecule has 0 aromatic rings. The van der Waals surface area contributed by atoms with Crippen molar-refractivity contribution in [2.24, 2.45) is 29.1 Å². The molecule has 42 heavy (non-hydrogen) atoms. The Hall–Kier alpha value is -2.30. The minimum absolute atomic E-state index is 0.0255. The van der Waals surface area contributed by atoms with Gasteiger partial charge in [-0.2, -0.15) is 0 Å². The Labute approximate surface area is 250 Å². The van der Waals surface area contributed by atoms with Gasteiger partial charge in [0.2, 0.25) is 11.7 Å². The highest BCUT2D eigenvalue weighted by Gasteiger charge is 2.69. The number of ketones is 2. The molecular weight excluding hydrogens is 560 g/mol. The summed E-state index contributed by atoms with van der Waals surface area (Å²) >= 11 is 0. The molecule has 2 aliphatic carbocycles. The molecule has 10 nitrogen and oxygen atoms in total. The zero-order chi connectivity index (χ0) is 31.0. The van der Waals surface area contributed by atoms with E-state index in [1.165, 1.54) is 4.90 Å². The molecule has 0 unspecified atom stereocenters. The molecule has 11 heteroatoms. The average molecular weight is 609 g/mol. The maximum absolute atomic E-state index is 14.1. The van der Waals surface area contributed by atoms with Gasteiger partial charge in [-0.1, -0.05) is 39.5 Å². The van der Waals surface area contributed by atoms with E-state index >= 15 is 0 Å². The zero-order valence-electron chi connectivity index (χ0n) is 25.8. The topological polar surface area (TPSA) is 144 Å². The van der Waals surface area contributed by atoms with Gasteiger partial charge in [0.1, 0.15) is 5.60 Å². The van der Waals surface area contributed by atoms with Crippen LogP contribution in [0.5, 0.6) is 0 Å². The van der Waals surface area contributed by atoms with E-state index in [0.29, 0.717) is 32.2 Å². The molecule has 2 saturated heterocycles. The van der Waals surface area contributed by atoms with Crippen LogP contribution in [0, 0.1) is 29.1 Å². The smallest absolute Gasteiger partial charge is 0.307 e. The van der Waals surface area contributed by atoms with E-state index < -0.39 is 69.1 Å². The standard InChI is InChI=1S/C31H48N2O8S/c1-30(2,3)41-24(35)16-20-18-42(39,40)14-10-8-6-7-9-11-19(27(36)28(37)32-21-12-13-21)15-23(34)26-25-22(31(25,4)5)17-33(26)29(20)38/h19-22,25-26H,6-18H2,1-5H3,(H,32,37)/t19-,20+,22+,25+,26-/m1/s1. The summed E-state index contributed by atoms with van der Waals surface area (Å²) in [6.45, 7) is 9.50. The molecular formula is C31H48N2O8S. The number of fused-ring (bicyclic) bond motifs is 3. The zero-order valence-corrected chi connectivity index (χ0v) is 26.6. The normalized spacial score (nSPS) is 31.9. The highest BCUT2D eigenvalue weighted by molar-refractivity contribution is 7.91. The highest BCUT2D eigenvalue weighted by Crippen LogP contribution is 2.65. The molecule has 4 aliphatic rings. The van der Waals surface area contributed by atoms with E-state index in [4.69, 9.17) is 4.74 Å². The molecule has 2 aliphatic heterocycles. The Kier molecular flexibility index (Phi) is 9.60. The first-order valence-electron chi connectivity index (χ1n) is 15.6. The van der Waals surface area contributed by atoms with E-state index in [9.17, 15) is 32.4 Å². The fourth-order valence-electron chi connectivity index (χ4n) is 6.91. The first kappa shape index (κ1) is 32.6. The van der Waals surface area contributed by atoms with Crippen molar-refractivity contribution in [3.8, 4) is 0 Å². The summed E-state index contributed by atoms with van der Waals surface area (Å²) in [5.41, 5.74) is -0.990. The fraction of sp³-hybridized carbons (Fsp3) is 0.839. The number of hydrogen-bond acceptors (Lipinski definition) is 8. The van der Waals surface area contributed by atoms with Crippen LogP contribution < -0.4 is 5.32 Å². The van der Waals surface area contributed by atoms with Crippen molar-refractivity contribution in [3.05, 3.63) is 0 Å². The summed E-state index contributed by atoms with van der Waals surface area (Å²) in [7, 11) is -3.65. The number of rotatable bonds is 5. The summed E-state index contributed by atoms with van der Waals surface area (Å²) in [6, 6.07) is -0.798. The van der Waals surface area contributed by atoms with Crippen molar-refractivity contribution in [3.63, 3.8) is 0 Å². The molecule has 0 aromatic heterocycles. The van der Waals surface area contributed by atoms with Crippen LogP contribution >= 0.6 is 0 Å². The number of amides is 2. The van der Waals surface area contributed by atoms with Gasteiger partial charge < -0.3 is 15.0 Å². The van der Waals surface area contributed by atoms with Crippen molar-refractivity contribution in [1.82, 2.24) is 10.2 Å². The third-order valence-corrected chi connectivity index (χ3v) is 11.2. The first-order valence-corrected chi connectivity index (χ1v) is 17.4. The lowest BCUT2D eigenvalue weighted by Crippen LogP contribution is -2.50. The van der Waals surface area contributed by atoms with E-state index in [1.54, 1.807) is 20.8 Å². The number of piperidine rings is 1. The summed E-state index contributed by atoms with van der Waals surface area (Å²) in [6.07, 6.45) is 4.81. The molecule has 5 atom stereocenters. The van der Waals surface area contributed by atoms with Crippen molar-refractivity contribution >= 4 is 39.2 Å². The average Bonchev–Trinajstić information content (AvgIpc) is 3.71. The largest absolute Gasteiger partial charge is 0.460 e. The van der Waals surface area contributed by atoms with E-state index in [-0.39, 0.29) is 41.2 Å². The fourth-order valence-corrected chi connectivity index (χ4v) is 8.60. The lowest BCUT2D eigenvalue weighted by atomic mass is 9.86. The summed E-state index contributed by atoms with van der Waals surface area (Å²) in [4.78, 5) is 68.2. The molecule has 2 amide bonds. The molecule has 2 saturated carbocycles. The lowest BCUT2D eigenvalue weighted by molar-refractivity contribution is -0.158. The SMILES string of the molecule is CC(C)(C)OC(=O)C[C@H]1CS(=O)(=O)CCCCCCC[C@@H](C(=O)C(=O)NC2CC2)CC(=O)[C@@H]2[C@@H]3[C@H](CN2C1=O)C3(C)C. The highest BCUT2D eigenvalue weighted by atomic mass is 32.2. The van der Waals surface area contributed by atoms with Crippen LogP contribution in [-0.2, 0) is 38.5 Å². The number of nitrogens with zero attached hydrogens (tertiary/aromatic N) is 1. The lowest BCUT2D eigenvalue weighted by Gasteiger charge is -2.33. The second-order valence-corrected chi connectivity index (χ2v) is 16.8. The van der Waals surface area contributed by atoms with Crippen LogP contribution in [0.15, 0.2) is 0 Å². The first-order chi connectivity index (χ1) is 19.5. The van der Waals surface area contributed by atoms with E-state index in [1.807, 2.05) is 13.8 Å². The number of sulfone groups is 1. The minimum atomic E-state index is -3.65. The predicted molar refractivity (Wildman–Crippen MR) is 156 cm³/mol. The number of hydrogen-bond donors (Lipinski definition) is 1. The van der Waals surface area contributed by atoms with Crippen LogP contribution in [-0.4, -0.2) is 78.4 Å². The Morgan fingerprint density at radius 2 is 1.64 bits per heavy atom. The van der Waals surface area contributed by atoms with E-state index in [2.05, 4.69) is 5.32 Å². The quantitative estimate of drug-likeness (QED) is 0.371. The van der Waals surface area contributed by atoms with Gasteiger partial charge in [-0.3, -0.25) is 24.0 Å². The van der Waals surface area contributed by atoms with Gasteiger partial charge in [0.15, 0.2) is 15.6 Å². The number of carbonyl (C=O) groups excluding carboxylic acids is 5. The van der Waals surface area contributed by atoms with Crippen LogP contribution in [0.3, 0.4) is 0 Å².